The van der Waals surface area contributed by atoms with E-state index in [1.54, 1.807) is 44.8 Å². The summed E-state index contributed by atoms with van der Waals surface area (Å²) in [5.74, 6) is 1.72. The maximum Gasteiger partial charge on any atom is 0.257 e. The molecule has 0 aliphatic rings. The molecule has 4 aromatic rings. The molecule has 0 saturated carbocycles. The molecule has 0 atom stereocenters. The highest BCUT2D eigenvalue weighted by atomic mass is 16.5. The van der Waals surface area contributed by atoms with E-state index in [1.807, 2.05) is 60.9 Å². The third-order valence-electron chi connectivity index (χ3n) is 5.57. The second-order valence-electron chi connectivity index (χ2n) is 7.78. The number of aromatic nitrogens is 2. The van der Waals surface area contributed by atoms with Gasteiger partial charge in [-0.1, -0.05) is 0 Å². The summed E-state index contributed by atoms with van der Waals surface area (Å²) in [5, 5.41) is 2.98. The SMILES string of the molecule is COc1ccc(-n2c(C)cc(C(=O)Nc3ccc(OC)c(OCc4ccncc4)c3)c2C)cc1. The maximum atomic E-state index is 13.2. The summed E-state index contributed by atoms with van der Waals surface area (Å²) < 4.78 is 18.7. The van der Waals surface area contributed by atoms with E-state index >= 15 is 0 Å². The van der Waals surface area contributed by atoms with Gasteiger partial charge >= 0.3 is 0 Å². The number of nitrogens with zero attached hydrogens (tertiary/aromatic N) is 2. The smallest absolute Gasteiger partial charge is 0.257 e. The van der Waals surface area contributed by atoms with E-state index in [9.17, 15) is 4.79 Å². The van der Waals surface area contributed by atoms with Crippen LogP contribution in [0, 0.1) is 13.8 Å². The Morgan fingerprint density at radius 1 is 0.912 bits per heavy atom. The van der Waals surface area contributed by atoms with Crippen LogP contribution in [0.2, 0.25) is 0 Å². The predicted octanol–water partition coefficient (Wildman–Crippen LogP) is 5.34. The van der Waals surface area contributed by atoms with Crippen molar-refractivity contribution in [3.63, 3.8) is 0 Å². The minimum atomic E-state index is -0.196. The first kappa shape index (κ1) is 22.9. The van der Waals surface area contributed by atoms with Gasteiger partial charge in [0, 0.05) is 41.2 Å². The van der Waals surface area contributed by atoms with Crippen molar-refractivity contribution in [2.24, 2.45) is 0 Å². The molecule has 2 heterocycles. The second-order valence-corrected chi connectivity index (χ2v) is 7.78. The molecule has 0 saturated heterocycles. The average molecular weight is 458 g/mol. The first-order valence-corrected chi connectivity index (χ1v) is 10.8. The Balaban J connectivity index is 1.54. The van der Waals surface area contributed by atoms with Gasteiger partial charge in [0.1, 0.15) is 12.4 Å². The number of nitrogens with one attached hydrogen (secondary N) is 1. The summed E-state index contributed by atoms with van der Waals surface area (Å²) >= 11 is 0. The summed E-state index contributed by atoms with van der Waals surface area (Å²) in [7, 11) is 3.22. The van der Waals surface area contributed by atoms with Crippen molar-refractivity contribution in [2.45, 2.75) is 20.5 Å². The van der Waals surface area contributed by atoms with Gasteiger partial charge in [-0.05, 0) is 74.0 Å². The molecule has 0 aliphatic heterocycles. The Morgan fingerprint density at radius 3 is 2.32 bits per heavy atom. The first-order valence-electron chi connectivity index (χ1n) is 10.8. The van der Waals surface area contributed by atoms with Crippen molar-refractivity contribution in [3.8, 4) is 22.9 Å². The minimum absolute atomic E-state index is 0.196. The monoisotopic (exact) mass is 457 g/mol. The molecule has 7 nitrogen and oxygen atoms in total. The number of aryl methyl sites for hydroxylation is 1. The van der Waals surface area contributed by atoms with Gasteiger partial charge in [-0.15, -0.1) is 0 Å². The average Bonchev–Trinajstić information content (AvgIpc) is 3.17. The highest BCUT2D eigenvalue weighted by molar-refractivity contribution is 6.05. The normalized spacial score (nSPS) is 10.6. The van der Waals surface area contributed by atoms with Gasteiger partial charge in [0.25, 0.3) is 5.91 Å². The lowest BCUT2D eigenvalue weighted by molar-refractivity contribution is 0.102. The van der Waals surface area contributed by atoms with Gasteiger partial charge in [0.05, 0.1) is 19.8 Å². The predicted molar refractivity (Wildman–Crippen MR) is 131 cm³/mol. The molecule has 34 heavy (non-hydrogen) atoms. The van der Waals surface area contributed by atoms with Crippen LogP contribution in [0.1, 0.15) is 27.3 Å². The van der Waals surface area contributed by atoms with Crippen LogP contribution < -0.4 is 19.5 Å². The first-order chi connectivity index (χ1) is 16.5. The molecule has 0 bridgehead atoms. The van der Waals surface area contributed by atoms with Crippen LogP contribution in [0.5, 0.6) is 17.2 Å². The zero-order valence-electron chi connectivity index (χ0n) is 19.7. The number of hydrogen-bond acceptors (Lipinski definition) is 5. The van der Waals surface area contributed by atoms with Gasteiger partial charge in [0.15, 0.2) is 11.5 Å². The number of amides is 1. The molecule has 1 amide bonds. The Kier molecular flexibility index (Phi) is 6.82. The number of anilines is 1. The minimum Gasteiger partial charge on any atom is -0.497 e. The molecule has 0 fully saturated rings. The van der Waals surface area contributed by atoms with Crippen molar-refractivity contribution < 1.29 is 19.0 Å². The standard InChI is InChI=1S/C27H27N3O4/c1-18-15-24(19(2)30(18)22-6-8-23(32-3)9-7-22)27(31)29-21-5-10-25(33-4)26(16-21)34-17-20-11-13-28-14-12-20/h5-16H,17H2,1-4H3,(H,29,31). The number of rotatable bonds is 8. The lowest BCUT2D eigenvalue weighted by Gasteiger charge is -2.13. The topological polar surface area (TPSA) is 74.6 Å². The number of benzene rings is 2. The third-order valence-corrected chi connectivity index (χ3v) is 5.57. The maximum absolute atomic E-state index is 13.2. The highest BCUT2D eigenvalue weighted by Crippen LogP contribution is 2.31. The van der Waals surface area contributed by atoms with Crippen LogP contribution in [0.25, 0.3) is 5.69 Å². The zero-order valence-corrected chi connectivity index (χ0v) is 19.7. The van der Waals surface area contributed by atoms with E-state index in [2.05, 4.69) is 10.3 Å². The Hall–Kier alpha value is -4.26. The number of pyridine rings is 1. The van der Waals surface area contributed by atoms with E-state index in [0.717, 1.165) is 28.4 Å². The molecule has 0 aliphatic carbocycles. The highest BCUT2D eigenvalue weighted by Gasteiger charge is 2.18. The third kappa shape index (κ3) is 4.88. The Bertz CT molecular complexity index is 1280. The Labute approximate surface area is 198 Å². The molecular formula is C27H27N3O4. The van der Waals surface area contributed by atoms with Crippen LogP contribution in [0.3, 0.4) is 0 Å². The number of methoxy groups -OCH3 is 2. The molecule has 4 rings (SSSR count). The fourth-order valence-corrected chi connectivity index (χ4v) is 3.83. The van der Waals surface area contributed by atoms with Gasteiger partial charge in [-0.2, -0.15) is 0 Å². The summed E-state index contributed by atoms with van der Waals surface area (Å²) in [6.45, 7) is 4.27. The fourth-order valence-electron chi connectivity index (χ4n) is 3.83. The quantitative estimate of drug-likeness (QED) is 0.387. The van der Waals surface area contributed by atoms with E-state index in [4.69, 9.17) is 14.2 Å². The summed E-state index contributed by atoms with van der Waals surface area (Å²) in [6.07, 6.45) is 3.43. The summed E-state index contributed by atoms with van der Waals surface area (Å²) in [5.41, 5.74) is 4.98. The molecule has 2 aromatic heterocycles. The van der Waals surface area contributed by atoms with Crippen LogP contribution >= 0.6 is 0 Å². The molecule has 1 N–H and O–H groups in total. The lowest BCUT2D eigenvalue weighted by atomic mass is 10.2. The van der Waals surface area contributed by atoms with Crippen molar-refractivity contribution >= 4 is 11.6 Å². The van der Waals surface area contributed by atoms with Crippen molar-refractivity contribution in [1.29, 1.82) is 0 Å². The van der Waals surface area contributed by atoms with Crippen LogP contribution in [0.4, 0.5) is 5.69 Å². The molecule has 7 heteroatoms. The van der Waals surface area contributed by atoms with E-state index in [-0.39, 0.29) is 5.91 Å². The summed E-state index contributed by atoms with van der Waals surface area (Å²) in [4.78, 5) is 17.2. The largest absolute Gasteiger partial charge is 0.497 e. The number of carbonyl (C=O) groups is 1. The zero-order chi connectivity index (χ0) is 24.1. The van der Waals surface area contributed by atoms with Gasteiger partial charge < -0.3 is 24.1 Å². The molecule has 2 aromatic carbocycles. The van der Waals surface area contributed by atoms with Crippen molar-refractivity contribution in [1.82, 2.24) is 9.55 Å². The number of hydrogen-bond donors (Lipinski definition) is 1. The molecule has 174 valence electrons. The molecule has 0 unspecified atom stereocenters. The van der Waals surface area contributed by atoms with Crippen LogP contribution in [-0.4, -0.2) is 29.7 Å². The van der Waals surface area contributed by atoms with E-state index in [0.29, 0.717) is 29.4 Å². The van der Waals surface area contributed by atoms with E-state index < -0.39 is 0 Å². The van der Waals surface area contributed by atoms with Crippen LogP contribution in [0.15, 0.2) is 73.1 Å². The molecule has 0 radical (unpaired) electrons. The van der Waals surface area contributed by atoms with Gasteiger partial charge in [-0.25, -0.2) is 0 Å². The number of ether oxygens (including phenoxy) is 3. The Morgan fingerprint density at radius 2 is 1.65 bits per heavy atom. The van der Waals surface area contributed by atoms with Crippen molar-refractivity contribution in [3.05, 3.63) is 95.6 Å². The summed E-state index contributed by atoms with van der Waals surface area (Å²) in [6, 6.07) is 18.7. The molecule has 0 spiro atoms. The fraction of sp³-hybridized carbons (Fsp3) is 0.185. The van der Waals surface area contributed by atoms with Gasteiger partial charge in [-0.3, -0.25) is 9.78 Å². The van der Waals surface area contributed by atoms with E-state index in [1.165, 1.54) is 0 Å². The molecular weight excluding hydrogens is 430 g/mol. The van der Waals surface area contributed by atoms with Crippen LogP contribution in [-0.2, 0) is 6.61 Å². The number of carbonyl (C=O) groups excluding carboxylic acids is 1. The van der Waals surface area contributed by atoms with Crippen molar-refractivity contribution in [2.75, 3.05) is 19.5 Å². The lowest BCUT2D eigenvalue weighted by Crippen LogP contribution is -2.13. The second kappa shape index (κ2) is 10.1. The van der Waals surface area contributed by atoms with Gasteiger partial charge in [0.2, 0.25) is 0 Å².